The zero-order valence-corrected chi connectivity index (χ0v) is 5.81. The van der Waals surface area contributed by atoms with E-state index in [1.165, 1.54) is 0 Å². The average molecular weight is 198 g/mol. The molecule has 0 saturated heterocycles. The first-order valence-corrected chi connectivity index (χ1v) is 2.90. The lowest BCUT2D eigenvalue weighted by Gasteiger charge is -1.81. The molecule has 1 nitrogen and oxygen atoms in total. The second-order valence-corrected chi connectivity index (χ2v) is 1.54. The van der Waals surface area contributed by atoms with Gasteiger partial charge >= 0.3 is 0 Å². The number of methoxy groups -OCH3 is 1. The molecular weight excluding hydrogens is 191 g/mol. The fraction of sp³-hybridized carbons (Fsp3) is 0.500. The summed E-state index contributed by atoms with van der Waals surface area (Å²) in [7, 11) is 1.68. The summed E-state index contributed by atoms with van der Waals surface area (Å²) >= 11 is 2.15. The molecule has 0 unspecified atom stereocenters. The minimum atomic E-state index is 0.725. The fourth-order valence-electron chi connectivity index (χ4n) is 0.133. The lowest BCUT2D eigenvalue weighted by Crippen LogP contribution is -1.77. The van der Waals surface area contributed by atoms with Crippen molar-refractivity contribution in [1.82, 2.24) is 0 Å². The highest BCUT2D eigenvalue weighted by Crippen LogP contribution is 1.81. The van der Waals surface area contributed by atoms with Crippen LogP contribution < -0.4 is 0 Å². The van der Waals surface area contributed by atoms with E-state index in [0.29, 0.717) is 0 Å². The third-order valence-electron chi connectivity index (χ3n) is 0.352. The van der Waals surface area contributed by atoms with E-state index in [1.807, 2.05) is 10.2 Å². The summed E-state index contributed by atoms with van der Waals surface area (Å²) in [5.74, 6) is 0. The van der Waals surface area contributed by atoms with Gasteiger partial charge in [-0.25, -0.2) is 0 Å². The summed E-state index contributed by atoms with van der Waals surface area (Å²) in [6, 6.07) is 0. The van der Waals surface area contributed by atoms with Crippen LogP contribution in [-0.2, 0) is 4.74 Å². The average Bonchev–Trinajstić information content (AvgIpc) is 1.61. The molecule has 0 aliphatic carbocycles. The SMILES string of the molecule is COC/C=C/I. The van der Waals surface area contributed by atoms with Gasteiger partial charge in [0.15, 0.2) is 0 Å². The minimum Gasteiger partial charge on any atom is -0.381 e. The third-order valence-corrected chi connectivity index (χ3v) is 0.861. The maximum atomic E-state index is 4.69. The minimum absolute atomic E-state index is 0.725. The van der Waals surface area contributed by atoms with Crippen molar-refractivity contribution < 1.29 is 4.74 Å². The van der Waals surface area contributed by atoms with Gasteiger partial charge in [-0.05, 0) is 4.08 Å². The van der Waals surface area contributed by atoms with Gasteiger partial charge in [0.25, 0.3) is 0 Å². The second-order valence-electron chi connectivity index (χ2n) is 0.817. The standard InChI is InChI=1S/C4H7IO/c1-6-4-2-3-5/h2-3H,4H2,1H3/b3-2+. The Bertz CT molecular complexity index is 42.8. The van der Waals surface area contributed by atoms with Gasteiger partial charge in [-0.15, -0.1) is 0 Å². The van der Waals surface area contributed by atoms with E-state index < -0.39 is 0 Å². The lowest BCUT2D eigenvalue weighted by molar-refractivity contribution is 0.234. The van der Waals surface area contributed by atoms with Crippen molar-refractivity contribution in [2.45, 2.75) is 0 Å². The van der Waals surface area contributed by atoms with E-state index >= 15 is 0 Å². The zero-order chi connectivity index (χ0) is 4.83. The Labute approximate surface area is 51.5 Å². The molecule has 0 aliphatic heterocycles. The van der Waals surface area contributed by atoms with Crippen molar-refractivity contribution in [3.63, 3.8) is 0 Å². The van der Waals surface area contributed by atoms with Gasteiger partial charge in [0.05, 0.1) is 6.61 Å². The molecule has 0 amide bonds. The quantitative estimate of drug-likeness (QED) is 0.612. The summed E-state index contributed by atoms with van der Waals surface area (Å²) in [4.78, 5) is 0. The van der Waals surface area contributed by atoms with Crippen molar-refractivity contribution in [2.75, 3.05) is 13.7 Å². The third kappa shape index (κ3) is 4.43. The molecule has 0 rings (SSSR count). The van der Waals surface area contributed by atoms with Crippen LogP contribution >= 0.6 is 22.6 Å². The Hall–Kier alpha value is 0.430. The van der Waals surface area contributed by atoms with Crippen LogP contribution in [0.25, 0.3) is 0 Å². The van der Waals surface area contributed by atoms with E-state index in [2.05, 4.69) is 22.6 Å². The highest BCUT2D eigenvalue weighted by Gasteiger charge is 1.63. The number of hydrogen-bond donors (Lipinski definition) is 0. The summed E-state index contributed by atoms with van der Waals surface area (Å²) in [6.07, 6.45) is 1.94. The van der Waals surface area contributed by atoms with Gasteiger partial charge in [0.1, 0.15) is 0 Å². The molecular formula is C4H7IO. The van der Waals surface area contributed by atoms with E-state index in [1.54, 1.807) is 7.11 Å². The second kappa shape index (κ2) is 5.43. The number of rotatable bonds is 2. The van der Waals surface area contributed by atoms with Crippen LogP contribution in [0.5, 0.6) is 0 Å². The van der Waals surface area contributed by atoms with Crippen LogP contribution in [0.15, 0.2) is 10.2 Å². The van der Waals surface area contributed by atoms with E-state index in [9.17, 15) is 0 Å². The van der Waals surface area contributed by atoms with Crippen LogP contribution in [0.2, 0.25) is 0 Å². The first-order chi connectivity index (χ1) is 2.91. The van der Waals surface area contributed by atoms with Gasteiger partial charge in [-0.2, -0.15) is 0 Å². The van der Waals surface area contributed by atoms with Crippen molar-refractivity contribution in [3.05, 3.63) is 10.2 Å². The highest BCUT2D eigenvalue weighted by molar-refractivity contribution is 14.1. The van der Waals surface area contributed by atoms with Gasteiger partial charge < -0.3 is 4.74 Å². The molecule has 0 aromatic carbocycles. The Morgan fingerprint density at radius 1 is 1.83 bits per heavy atom. The Balaban J connectivity index is 2.66. The van der Waals surface area contributed by atoms with E-state index in [0.717, 1.165) is 6.61 Å². The molecule has 0 radical (unpaired) electrons. The van der Waals surface area contributed by atoms with Crippen molar-refractivity contribution in [2.24, 2.45) is 0 Å². The molecule has 0 heterocycles. The van der Waals surface area contributed by atoms with Crippen LogP contribution in [-0.4, -0.2) is 13.7 Å². The zero-order valence-electron chi connectivity index (χ0n) is 3.65. The van der Waals surface area contributed by atoms with Gasteiger partial charge in [0, 0.05) is 7.11 Å². The predicted octanol–water partition coefficient (Wildman–Crippen LogP) is 1.58. The summed E-state index contributed by atoms with van der Waals surface area (Å²) in [5.41, 5.74) is 0. The number of halogens is 1. The molecule has 0 atom stereocenters. The lowest BCUT2D eigenvalue weighted by atomic mass is 10.7. The smallest absolute Gasteiger partial charge is 0.0651 e. The topological polar surface area (TPSA) is 9.23 Å². The molecule has 0 fully saturated rings. The maximum Gasteiger partial charge on any atom is 0.0651 e. The normalized spacial score (nSPS) is 10.3. The molecule has 0 aliphatic rings. The Morgan fingerprint density at radius 3 is 2.67 bits per heavy atom. The predicted molar refractivity (Wildman–Crippen MR) is 35.0 cm³/mol. The molecule has 0 bridgehead atoms. The first kappa shape index (κ1) is 6.43. The molecule has 2 heteroatoms. The molecule has 0 saturated carbocycles. The number of hydrogen-bond acceptors (Lipinski definition) is 1. The fourth-order valence-corrected chi connectivity index (χ4v) is 0.340. The van der Waals surface area contributed by atoms with E-state index in [4.69, 9.17) is 4.74 Å². The first-order valence-electron chi connectivity index (χ1n) is 1.66. The van der Waals surface area contributed by atoms with Gasteiger partial charge in [0.2, 0.25) is 0 Å². The molecule has 0 N–H and O–H groups in total. The molecule has 6 heavy (non-hydrogen) atoms. The Morgan fingerprint density at radius 2 is 2.50 bits per heavy atom. The van der Waals surface area contributed by atoms with Crippen molar-refractivity contribution in [1.29, 1.82) is 0 Å². The van der Waals surface area contributed by atoms with Gasteiger partial charge in [-0.3, -0.25) is 0 Å². The van der Waals surface area contributed by atoms with Crippen LogP contribution in [0.4, 0.5) is 0 Å². The largest absolute Gasteiger partial charge is 0.381 e. The van der Waals surface area contributed by atoms with Gasteiger partial charge in [-0.1, -0.05) is 28.7 Å². The highest BCUT2D eigenvalue weighted by atomic mass is 127. The summed E-state index contributed by atoms with van der Waals surface area (Å²) < 4.78 is 6.62. The summed E-state index contributed by atoms with van der Waals surface area (Å²) in [5, 5.41) is 0. The molecule has 0 aromatic rings. The Kier molecular flexibility index (Phi) is 5.82. The van der Waals surface area contributed by atoms with Crippen molar-refractivity contribution >= 4 is 22.6 Å². The van der Waals surface area contributed by atoms with E-state index in [-0.39, 0.29) is 0 Å². The van der Waals surface area contributed by atoms with Crippen LogP contribution in [0, 0.1) is 0 Å². The molecule has 0 spiro atoms. The molecule has 0 aromatic heterocycles. The van der Waals surface area contributed by atoms with Crippen LogP contribution in [0.1, 0.15) is 0 Å². The molecule has 36 valence electrons. The maximum absolute atomic E-state index is 4.69. The van der Waals surface area contributed by atoms with Crippen molar-refractivity contribution in [3.8, 4) is 0 Å². The number of ether oxygens (including phenoxy) is 1. The monoisotopic (exact) mass is 198 g/mol. The van der Waals surface area contributed by atoms with Crippen LogP contribution in [0.3, 0.4) is 0 Å². The summed E-state index contributed by atoms with van der Waals surface area (Å²) in [6.45, 7) is 0.725.